The minimum atomic E-state index is -1.05. The van der Waals surface area contributed by atoms with Crippen molar-refractivity contribution < 1.29 is 18.7 Å². The molecule has 8 nitrogen and oxygen atoms in total. The van der Waals surface area contributed by atoms with Crippen LogP contribution in [0.15, 0.2) is 52.8 Å². The van der Waals surface area contributed by atoms with E-state index in [2.05, 4.69) is 10.1 Å². The molecule has 3 N–H and O–H groups in total. The summed E-state index contributed by atoms with van der Waals surface area (Å²) in [5, 5.41) is 12.8. The van der Waals surface area contributed by atoms with Gasteiger partial charge in [-0.2, -0.15) is 5.26 Å². The number of fused-ring (bicyclic) bond motifs is 1. The summed E-state index contributed by atoms with van der Waals surface area (Å²) in [6.07, 6.45) is 0.994. The number of rotatable bonds is 4. The fraction of sp³-hybridized carbons (Fsp3) is 0.154. The van der Waals surface area contributed by atoms with Crippen LogP contribution < -0.4 is 25.8 Å². The Morgan fingerprint density at radius 1 is 1.22 bits per heavy atom. The van der Waals surface area contributed by atoms with E-state index in [1.54, 1.807) is 18.2 Å². The molecule has 0 bridgehead atoms. The molecule has 0 saturated carbocycles. The number of methoxy groups -OCH3 is 1. The van der Waals surface area contributed by atoms with E-state index in [1.807, 2.05) is 26.0 Å². The van der Waals surface area contributed by atoms with Gasteiger partial charge in [-0.3, -0.25) is 14.2 Å². The van der Waals surface area contributed by atoms with Gasteiger partial charge in [0.2, 0.25) is 0 Å². The normalized spacial score (nSPS) is 15.4. The van der Waals surface area contributed by atoms with E-state index in [-0.39, 0.29) is 26.2 Å². The molecule has 0 radical (unpaired) electrons. The molecule has 182 valence electrons. The van der Waals surface area contributed by atoms with Crippen LogP contribution in [-0.2, 0) is 14.3 Å². The van der Waals surface area contributed by atoms with Crippen LogP contribution in [0.3, 0.4) is 0 Å². The average Bonchev–Trinajstić information content (AvgIpc) is 3.16. The Morgan fingerprint density at radius 3 is 2.61 bits per heavy atom. The van der Waals surface area contributed by atoms with Gasteiger partial charge in [0.1, 0.15) is 20.8 Å². The number of aromatic nitrogens is 1. The van der Waals surface area contributed by atoms with Gasteiger partial charge < -0.3 is 15.8 Å². The number of nitriles is 1. The summed E-state index contributed by atoms with van der Waals surface area (Å²) in [7, 11) is 1.17. The Labute approximate surface area is 209 Å². The van der Waals surface area contributed by atoms with Crippen molar-refractivity contribution in [3.63, 3.8) is 0 Å². The SMILES string of the molecule is COC(=O)/C=c1\sc2n(c1=O)C(N)=C(C#N)C(c1cccc(F)c1)C=2C(=O)Nc1ccc(C)c(C)c1. The van der Waals surface area contributed by atoms with Gasteiger partial charge in [0.05, 0.1) is 30.2 Å². The summed E-state index contributed by atoms with van der Waals surface area (Å²) in [6, 6.07) is 12.8. The Bertz CT molecular complexity index is 1680. The number of ether oxygens (including phenoxy) is 1. The molecule has 1 aliphatic rings. The number of hydrogen-bond donors (Lipinski definition) is 2. The number of aryl methyl sites for hydroxylation is 2. The number of nitrogens with zero attached hydrogens (tertiary/aromatic N) is 2. The summed E-state index contributed by atoms with van der Waals surface area (Å²) in [4.78, 5) is 38.7. The van der Waals surface area contributed by atoms with Gasteiger partial charge in [-0.1, -0.05) is 18.2 Å². The molecule has 2 aromatic carbocycles. The molecule has 0 aliphatic carbocycles. The topological polar surface area (TPSA) is 127 Å². The van der Waals surface area contributed by atoms with Crippen molar-refractivity contribution in [2.45, 2.75) is 19.8 Å². The van der Waals surface area contributed by atoms with Crippen molar-refractivity contribution >= 4 is 46.4 Å². The van der Waals surface area contributed by atoms with Gasteiger partial charge in [-0.15, -0.1) is 11.3 Å². The molecule has 10 heteroatoms. The van der Waals surface area contributed by atoms with E-state index in [0.717, 1.165) is 33.1 Å². The number of amides is 1. The van der Waals surface area contributed by atoms with Gasteiger partial charge in [0.25, 0.3) is 11.5 Å². The molecule has 0 saturated heterocycles. The molecule has 1 atom stereocenters. The number of thiazole rings is 1. The lowest BCUT2D eigenvalue weighted by atomic mass is 9.83. The van der Waals surface area contributed by atoms with Crippen molar-refractivity contribution in [1.82, 2.24) is 4.57 Å². The highest BCUT2D eigenvalue weighted by atomic mass is 32.1. The molecule has 1 amide bonds. The van der Waals surface area contributed by atoms with Gasteiger partial charge in [0.15, 0.2) is 0 Å². The maximum atomic E-state index is 14.2. The molecule has 0 fully saturated rings. The van der Waals surface area contributed by atoms with E-state index in [9.17, 15) is 24.0 Å². The third-order valence-electron chi connectivity index (χ3n) is 5.91. The molecular formula is C26H21FN4O4S. The van der Waals surface area contributed by atoms with Crippen LogP contribution in [0.5, 0.6) is 0 Å². The van der Waals surface area contributed by atoms with E-state index >= 15 is 0 Å². The predicted molar refractivity (Wildman–Crippen MR) is 134 cm³/mol. The smallest absolute Gasteiger partial charge is 0.332 e. The largest absolute Gasteiger partial charge is 0.466 e. The Kier molecular flexibility index (Phi) is 6.59. The fourth-order valence-corrected chi connectivity index (χ4v) is 5.11. The van der Waals surface area contributed by atoms with Crippen LogP contribution >= 0.6 is 11.3 Å². The van der Waals surface area contributed by atoms with Crippen molar-refractivity contribution in [2.75, 3.05) is 12.4 Å². The van der Waals surface area contributed by atoms with Gasteiger partial charge >= 0.3 is 5.97 Å². The van der Waals surface area contributed by atoms with Crippen molar-refractivity contribution in [3.05, 3.63) is 90.1 Å². The quantitative estimate of drug-likeness (QED) is 0.522. The molecule has 1 aromatic heterocycles. The number of esters is 1. The minimum absolute atomic E-state index is 0.0243. The van der Waals surface area contributed by atoms with Crippen LogP contribution in [-0.4, -0.2) is 23.6 Å². The Morgan fingerprint density at radius 2 is 1.97 bits per heavy atom. The average molecular weight is 505 g/mol. The van der Waals surface area contributed by atoms with Crippen LogP contribution in [0.2, 0.25) is 0 Å². The summed E-state index contributed by atoms with van der Waals surface area (Å²) >= 11 is 0.856. The molecule has 3 aromatic rings. The van der Waals surface area contributed by atoms with Crippen molar-refractivity contribution in [2.24, 2.45) is 5.73 Å². The van der Waals surface area contributed by atoms with Gasteiger partial charge in [-0.25, -0.2) is 9.18 Å². The summed E-state index contributed by atoms with van der Waals surface area (Å²) in [6.45, 7) is 3.84. The first-order chi connectivity index (χ1) is 17.2. The third-order valence-corrected chi connectivity index (χ3v) is 7.02. The number of benzene rings is 2. The van der Waals surface area contributed by atoms with Crippen LogP contribution in [0, 0.1) is 31.0 Å². The van der Waals surface area contributed by atoms with E-state index in [4.69, 9.17) is 5.73 Å². The molecule has 4 rings (SSSR count). The van der Waals surface area contributed by atoms with E-state index in [1.165, 1.54) is 25.3 Å². The zero-order valence-corrected chi connectivity index (χ0v) is 20.4. The number of carbonyl (C=O) groups excluding carboxylic acids is 2. The zero-order chi connectivity index (χ0) is 26.1. The number of nitrogens with two attached hydrogens (primary N) is 1. The molecular weight excluding hydrogens is 483 g/mol. The van der Waals surface area contributed by atoms with Crippen LogP contribution in [0.1, 0.15) is 22.6 Å². The minimum Gasteiger partial charge on any atom is -0.466 e. The molecule has 2 heterocycles. The first kappa shape index (κ1) is 24.6. The first-order valence-electron chi connectivity index (χ1n) is 10.8. The second-order valence-electron chi connectivity index (χ2n) is 8.15. The summed E-state index contributed by atoms with van der Waals surface area (Å²) in [5.41, 5.74) is 8.30. The highest BCUT2D eigenvalue weighted by molar-refractivity contribution is 7.07. The number of allylic oxidation sites excluding steroid dienone is 1. The van der Waals surface area contributed by atoms with Crippen LogP contribution in [0.25, 0.3) is 17.5 Å². The van der Waals surface area contributed by atoms with Gasteiger partial charge in [0, 0.05) is 11.8 Å². The van der Waals surface area contributed by atoms with E-state index in [0.29, 0.717) is 11.3 Å². The molecule has 1 unspecified atom stereocenters. The predicted octanol–water partition coefficient (Wildman–Crippen LogP) is 1.86. The number of hydrogen-bond acceptors (Lipinski definition) is 7. The molecule has 36 heavy (non-hydrogen) atoms. The van der Waals surface area contributed by atoms with Crippen molar-refractivity contribution in [1.29, 1.82) is 5.26 Å². The van der Waals surface area contributed by atoms with E-state index < -0.39 is 29.2 Å². The Hall–Kier alpha value is -4.49. The standard InChI is InChI=1S/C26H21FN4O4S/c1-13-7-8-17(9-14(13)2)30-24(33)22-21(15-5-4-6-16(27)10-15)18(12-28)23(29)31-25(34)19(36-26(22)31)11-20(32)35-3/h4-11,21H,29H2,1-3H3,(H,30,33)/b19-11-. The van der Waals surface area contributed by atoms with Crippen molar-refractivity contribution in [3.8, 4) is 6.07 Å². The summed E-state index contributed by atoms with van der Waals surface area (Å²) < 4.78 is 20.0. The highest BCUT2D eigenvalue weighted by Crippen LogP contribution is 2.36. The van der Waals surface area contributed by atoms with Crippen LogP contribution in [0.4, 0.5) is 10.1 Å². The second-order valence-corrected chi connectivity index (χ2v) is 9.18. The lowest BCUT2D eigenvalue weighted by Gasteiger charge is -2.25. The maximum Gasteiger partial charge on any atom is 0.332 e. The number of halogens is 1. The molecule has 0 spiro atoms. The highest BCUT2D eigenvalue weighted by Gasteiger charge is 2.36. The van der Waals surface area contributed by atoms with Gasteiger partial charge in [-0.05, 0) is 54.8 Å². The lowest BCUT2D eigenvalue weighted by molar-refractivity contribution is -0.133. The zero-order valence-electron chi connectivity index (χ0n) is 19.6. The summed E-state index contributed by atoms with van der Waals surface area (Å²) in [5.74, 6) is -3.19. The Balaban J connectivity index is 2.05. The number of nitrogens with one attached hydrogen (secondary N) is 1. The third kappa shape index (κ3) is 4.32. The second kappa shape index (κ2) is 9.64. The lowest BCUT2D eigenvalue weighted by Crippen LogP contribution is -2.40. The number of anilines is 1. The number of carbonyl (C=O) groups is 2. The monoisotopic (exact) mass is 504 g/mol. The fourth-order valence-electron chi connectivity index (χ4n) is 3.97. The maximum absolute atomic E-state index is 14.2. The first-order valence-corrected chi connectivity index (χ1v) is 11.6. The molecule has 1 aliphatic heterocycles.